The van der Waals surface area contributed by atoms with Gasteiger partial charge >= 0.3 is 5.76 Å². The van der Waals surface area contributed by atoms with Crippen molar-refractivity contribution in [2.45, 2.75) is 0 Å². The van der Waals surface area contributed by atoms with E-state index in [9.17, 15) is 19.7 Å². The van der Waals surface area contributed by atoms with Gasteiger partial charge in [0, 0.05) is 29.2 Å². The van der Waals surface area contributed by atoms with Crippen molar-refractivity contribution in [3.8, 4) is 11.3 Å². The lowest BCUT2D eigenvalue weighted by atomic mass is 10.1. The number of benzene rings is 2. The summed E-state index contributed by atoms with van der Waals surface area (Å²) in [5.74, 6) is -0.903. The molecule has 0 saturated heterocycles. The second kappa shape index (κ2) is 7.52. The number of carbonyl (C=O) groups excluding carboxylic acids is 1. The summed E-state index contributed by atoms with van der Waals surface area (Å²) in [5, 5.41) is 15.5. The van der Waals surface area contributed by atoms with Crippen molar-refractivity contribution in [3.05, 3.63) is 80.1 Å². The van der Waals surface area contributed by atoms with E-state index in [2.05, 4.69) is 15.3 Å². The molecule has 10 heteroatoms. The Labute approximate surface area is 166 Å². The van der Waals surface area contributed by atoms with E-state index in [1.54, 1.807) is 41.8 Å². The number of nitro groups is 1. The molecule has 0 aliphatic heterocycles. The zero-order chi connectivity index (χ0) is 20.4. The maximum atomic E-state index is 12.1. The van der Waals surface area contributed by atoms with Crippen LogP contribution in [-0.2, 0) is 4.79 Å². The molecule has 144 valence electrons. The van der Waals surface area contributed by atoms with Gasteiger partial charge in [0.1, 0.15) is 0 Å². The van der Waals surface area contributed by atoms with Crippen LogP contribution >= 0.6 is 11.3 Å². The van der Waals surface area contributed by atoms with Crippen LogP contribution in [0.25, 0.3) is 28.4 Å². The number of anilines is 1. The number of oxazole rings is 1. The molecule has 0 bridgehead atoms. The van der Waals surface area contributed by atoms with Gasteiger partial charge in [-0.15, -0.1) is 11.3 Å². The van der Waals surface area contributed by atoms with Crippen molar-refractivity contribution < 1.29 is 14.1 Å². The molecule has 0 spiro atoms. The highest BCUT2D eigenvalue weighted by atomic mass is 32.1. The van der Waals surface area contributed by atoms with Crippen molar-refractivity contribution in [1.82, 2.24) is 9.97 Å². The lowest BCUT2D eigenvalue weighted by Gasteiger charge is -1.98. The van der Waals surface area contributed by atoms with Crippen molar-refractivity contribution in [2.24, 2.45) is 0 Å². The summed E-state index contributed by atoms with van der Waals surface area (Å²) in [6.07, 6.45) is 2.87. The molecule has 29 heavy (non-hydrogen) atoms. The molecule has 2 aromatic carbocycles. The maximum Gasteiger partial charge on any atom is 0.417 e. The van der Waals surface area contributed by atoms with Crippen LogP contribution in [0, 0.1) is 10.1 Å². The maximum absolute atomic E-state index is 12.1. The summed E-state index contributed by atoms with van der Waals surface area (Å²) in [6.45, 7) is 0. The molecule has 0 saturated carbocycles. The number of carbonyl (C=O) groups is 1. The van der Waals surface area contributed by atoms with Gasteiger partial charge in [-0.3, -0.25) is 25.2 Å². The van der Waals surface area contributed by atoms with Crippen molar-refractivity contribution >= 4 is 45.2 Å². The third-order valence-corrected chi connectivity index (χ3v) is 4.74. The number of amides is 1. The topological polar surface area (TPSA) is 131 Å². The van der Waals surface area contributed by atoms with Gasteiger partial charge in [-0.25, -0.2) is 9.78 Å². The molecule has 9 nitrogen and oxygen atoms in total. The molecule has 0 fully saturated rings. The average Bonchev–Trinajstić information content (AvgIpc) is 3.31. The first-order valence-electron chi connectivity index (χ1n) is 8.30. The first-order chi connectivity index (χ1) is 14.0. The summed E-state index contributed by atoms with van der Waals surface area (Å²) >= 11 is 1.26. The molecule has 0 radical (unpaired) electrons. The molecule has 0 unspecified atom stereocenters. The van der Waals surface area contributed by atoms with E-state index in [-0.39, 0.29) is 11.6 Å². The minimum absolute atomic E-state index is 0.0148. The fraction of sp³-hybridized carbons (Fsp3) is 0. The van der Waals surface area contributed by atoms with Gasteiger partial charge < -0.3 is 4.42 Å². The monoisotopic (exact) mass is 408 g/mol. The van der Waals surface area contributed by atoms with Crippen molar-refractivity contribution in [3.63, 3.8) is 0 Å². The van der Waals surface area contributed by atoms with Gasteiger partial charge in [-0.05, 0) is 35.9 Å². The number of aromatic amines is 1. The number of aromatic nitrogens is 2. The Bertz CT molecular complexity index is 1300. The molecule has 2 aromatic heterocycles. The Morgan fingerprint density at radius 1 is 1.24 bits per heavy atom. The quantitative estimate of drug-likeness (QED) is 0.293. The molecule has 4 rings (SSSR count). The second-order valence-electron chi connectivity index (χ2n) is 5.93. The normalized spacial score (nSPS) is 11.2. The second-order valence-corrected chi connectivity index (χ2v) is 6.79. The van der Waals surface area contributed by atoms with Crippen LogP contribution in [0.3, 0.4) is 0 Å². The fourth-order valence-corrected chi connectivity index (χ4v) is 3.32. The summed E-state index contributed by atoms with van der Waals surface area (Å²) in [7, 11) is 0. The van der Waals surface area contributed by atoms with Crippen LogP contribution in [-0.4, -0.2) is 20.8 Å². The fourth-order valence-electron chi connectivity index (χ4n) is 2.59. The third-order valence-electron chi connectivity index (χ3n) is 3.98. The Morgan fingerprint density at radius 3 is 2.79 bits per heavy atom. The molecule has 0 aliphatic rings. The first kappa shape index (κ1) is 18.3. The van der Waals surface area contributed by atoms with Gasteiger partial charge in [0.15, 0.2) is 10.7 Å². The highest BCUT2D eigenvalue weighted by Gasteiger charge is 2.09. The SMILES string of the molecule is O=C(/C=C/c1ccc([N+](=O)[O-])cc1)Nc1nc(-c2ccc3[nH]c(=O)oc3c2)cs1. The molecule has 0 atom stereocenters. The number of hydrogen-bond donors (Lipinski definition) is 2. The van der Waals surface area contributed by atoms with E-state index in [1.807, 2.05) is 0 Å². The van der Waals surface area contributed by atoms with E-state index in [1.165, 1.54) is 29.5 Å². The van der Waals surface area contributed by atoms with E-state index in [4.69, 9.17) is 4.42 Å². The van der Waals surface area contributed by atoms with E-state index in [0.29, 0.717) is 27.5 Å². The van der Waals surface area contributed by atoms with Gasteiger partial charge in [0.05, 0.1) is 16.1 Å². The number of thiazole rings is 1. The highest BCUT2D eigenvalue weighted by Crippen LogP contribution is 2.27. The molecular weight excluding hydrogens is 396 g/mol. The largest absolute Gasteiger partial charge is 0.417 e. The van der Waals surface area contributed by atoms with E-state index >= 15 is 0 Å². The Kier molecular flexibility index (Phi) is 4.75. The predicted molar refractivity (Wildman–Crippen MR) is 109 cm³/mol. The number of nitrogens with one attached hydrogen (secondary N) is 2. The number of nitrogens with zero attached hydrogens (tertiary/aromatic N) is 2. The zero-order valence-corrected chi connectivity index (χ0v) is 15.4. The van der Waals surface area contributed by atoms with Gasteiger partial charge in [-0.2, -0.15) is 0 Å². The molecule has 0 aliphatic carbocycles. The number of hydrogen-bond acceptors (Lipinski definition) is 7. The highest BCUT2D eigenvalue weighted by molar-refractivity contribution is 7.14. The molecular formula is C19H12N4O5S. The lowest BCUT2D eigenvalue weighted by molar-refractivity contribution is -0.384. The smallest absolute Gasteiger partial charge is 0.408 e. The Balaban J connectivity index is 1.44. The first-order valence-corrected chi connectivity index (χ1v) is 9.18. The zero-order valence-electron chi connectivity index (χ0n) is 14.6. The van der Waals surface area contributed by atoms with Crippen LogP contribution in [0.4, 0.5) is 10.8 Å². The van der Waals surface area contributed by atoms with Crippen molar-refractivity contribution in [1.29, 1.82) is 0 Å². The summed E-state index contributed by atoms with van der Waals surface area (Å²) < 4.78 is 5.04. The predicted octanol–water partition coefficient (Wildman–Crippen LogP) is 3.80. The van der Waals surface area contributed by atoms with E-state index < -0.39 is 10.7 Å². The van der Waals surface area contributed by atoms with Crippen molar-refractivity contribution in [2.75, 3.05) is 5.32 Å². The standard InChI is InChI=1S/C19H12N4O5S/c24-17(8-3-11-1-5-13(6-2-11)23(26)27)22-18-20-15(10-29-18)12-4-7-14-16(9-12)28-19(25)21-14/h1-10H,(H,21,25)(H,20,22,24)/b8-3+. The van der Waals surface area contributed by atoms with Gasteiger partial charge in [-0.1, -0.05) is 6.07 Å². The third kappa shape index (κ3) is 4.12. The van der Waals surface area contributed by atoms with Crippen LogP contribution in [0.5, 0.6) is 0 Å². The average molecular weight is 408 g/mol. The Hall–Kier alpha value is -4.05. The molecule has 1 amide bonds. The Morgan fingerprint density at radius 2 is 2.03 bits per heavy atom. The number of H-pyrrole nitrogens is 1. The lowest BCUT2D eigenvalue weighted by Crippen LogP contribution is -2.07. The minimum Gasteiger partial charge on any atom is -0.408 e. The number of fused-ring (bicyclic) bond motifs is 1. The van der Waals surface area contributed by atoms with Gasteiger partial charge in [0.2, 0.25) is 5.91 Å². The van der Waals surface area contributed by atoms with E-state index in [0.717, 1.165) is 5.56 Å². The van der Waals surface area contributed by atoms with Crippen LogP contribution < -0.4 is 11.1 Å². The van der Waals surface area contributed by atoms with Gasteiger partial charge in [0.25, 0.3) is 5.69 Å². The number of nitro benzene ring substituents is 1. The molecule has 2 heterocycles. The number of rotatable bonds is 5. The number of non-ortho nitro benzene ring substituents is 1. The molecule has 2 N–H and O–H groups in total. The van der Waals surface area contributed by atoms with Crippen LogP contribution in [0.2, 0.25) is 0 Å². The summed E-state index contributed by atoms with van der Waals surface area (Å²) in [5.41, 5.74) is 3.05. The summed E-state index contributed by atoms with van der Waals surface area (Å²) in [6, 6.07) is 11.1. The summed E-state index contributed by atoms with van der Waals surface area (Å²) in [4.78, 5) is 40.4. The van der Waals surface area contributed by atoms with Crippen LogP contribution in [0.15, 0.2) is 63.1 Å². The minimum atomic E-state index is -0.525. The van der Waals surface area contributed by atoms with Crippen LogP contribution in [0.1, 0.15) is 5.56 Å². The molecule has 4 aromatic rings.